The first-order valence-electron chi connectivity index (χ1n) is 10.6. The van der Waals surface area contributed by atoms with Crippen LogP contribution in [0.15, 0.2) is 42.5 Å². The summed E-state index contributed by atoms with van der Waals surface area (Å²) in [6, 6.07) is 14.0. The molecule has 154 valence electrons. The summed E-state index contributed by atoms with van der Waals surface area (Å²) in [6.45, 7) is 8.55. The Balaban J connectivity index is 1.66. The van der Waals surface area contributed by atoms with Gasteiger partial charge in [-0.3, -0.25) is 0 Å². The number of carbonyl (C=O) groups is 1. The van der Waals surface area contributed by atoms with Gasteiger partial charge >= 0.3 is 5.97 Å². The summed E-state index contributed by atoms with van der Waals surface area (Å²) in [5.41, 5.74) is 3.42. The van der Waals surface area contributed by atoms with Crippen LogP contribution < -0.4 is 4.74 Å². The highest BCUT2D eigenvalue weighted by Gasteiger charge is 2.49. The molecule has 0 bridgehead atoms. The maximum absolute atomic E-state index is 11.5. The van der Waals surface area contributed by atoms with Crippen LogP contribution in [0.4, 0.5) is 0 Å². The lowest BCUT2D eigenvalue weighted by Crippen LogP contribution is -2.50. The lowest BCUT2D eigenvalue weighted by Gasteiger charge is -2.50. The summed E-state index contributed by atoms with van der Waals surface area (Å²) in [4.78, 5) is 11.5. The first-order chi connectivity index (χ1) is 13.8. The number of benzene rings is 2. The molecule has 4 rings (SSSR count). The number of hydrogen-bond acceptors (Lipinski definition) is 3. The Bertz CT molecular complexity index is 900. The van der Waals surface area contributed by atoms with Crippen molar-refractivity contribution in [3.05, 3.63) is 64.7 Å². The van der Waals surface area contributed by atoms with Gasteiger partial charge in [0.15, 0.2) is 0 Å². The van der Waals surface area contributed by atoms with E-state index in [1.807, 2.05) is 0 Å². The van der Waals surface area contributed by atoms with Crippen LogP contribution in [0.25, 0.3) is 0 Å². The molecule has 2 aromatic carbocycles. The van der Waals surface area contributed by atoms with E-state index in [9.17, 15) is 9.90 Å². The minimum absolute atomic E-state index is 0.0449. The molecule has 2 aliphatic rings. The Hall–Kier alpha value is -2.33. The predicted octanol–water partition coefficient (Wildman–Crippen LogP) is 5.76. The van der Waals surface area contributed by atoms with Crippen molar-refractivity contribution in [2.75, 3.05) is 0 Å². The number of carboxylic acids is 1. The van der Waals surface area contributed by atoms with Crippen molar-refractivity contribution in [3.63, 3.8) is 0 Å². The lowest BCUT2D eigenvalue weighted by molar-refractivity contribution is -0.153. The summed E-state index contributed by atoms with van der Waals surface area (Å²) in [5, 5.41) is 9.41. The molecule has 4 atom stereocenters. The average molecular weight is 395 g/mol. The quantitative estimate of drug-likeness (QED) is 0.716. The SMILES string of the molecule is CCCc1ccc([C@H]2C[C@H]3[C@H](O[C@H]2C)c2cc(C(=O)O)ccc2OC3(C)C)cc1. The van der Waals surface area contributed by atoms with Crippen LogP contribution in [-0.2, 0) is 11.2 Å². The Labute approximate surface area is 172 Å². The van der Waals surface area contributed by atoms with Gasteiger partial charge in [-0.05, 0) is 62.9 Å². The number of aromatic carboxylic acids is 1. The predicted molar refractivity (Wildman–Crippen MR) is 113 cm³/mol. The molecule has 0 aromatic heterocycles. The zero-order valence-electron chi connectivity index (χ0n) is 17.6. The summed E-state index contributed by atoms with van der Waals surface area (Å²) in [6.07, 6.45) is 3.09. The van der Waals surface area contributed by atoms with E-state index >= 15 is 0 Å². The van der Waals surface area contributed by atoms with Crippen molar-refractivity contribution in [1.82, 2.24) is 0 Å². The van der Waals surface area contributed by atoms with E-state index in [-0.39, 0.29) is 29.3 Å². The number of hydrogen-bond donors (Lipinski definition) is 1. The molecular formula is C25H30O4. The van der Waals surface area contributed by atoms with Gasteiger partial charge in [-0.15, -0.1) is 0 Å². The Morgan fingerprint density at radius 1 is 1.17 bits per heavy atom. The molecule has 0 unspecified atom stereocenters. The first-order valence-corrected chi connectivity index (χ1v) is 10.6. The maximum Gasteiger partial charge on any atom is 0.335 e. The van der Waals surface area contributed by atoms with Crippen LogP contribution in [-0.4, -0.2) is 22.8 Å². The number of ether oxygens (including phenoxy) is 2. The molecule has 0 aliphatic carbocycles. The molecule has 2 heterocycles. The minimum atomic E-state index is -0.928. The van der Waals surface area contributed by atoms with Gasteiger partial charge in [0.25, 0.3) is 0 Å². The van der Waals surface area contributed by atoms with Crippen LogP contribution in [0.1, 0.15) is 79.6 Å². The van der Waals surface area contributed by atoms with Gasteiger partial charge in [-0.2, -0.15) is 0 Å². The van der Waals surface area contributed by atoms with E-state index in [1.165, 1.54) is 11.1 Å². The number of fused-ring (bicyclic) bond motifs is 3. The summed E-state index contributed by atoms with van der Waals surface area (Å²) >= 11 is 0. The topological polar surface area (TPSA) is 55.8 Å². The van der Waals surface area contributed by atoms with E-state index in [0.29, 0.717) is 5.92 Å². The van der Waals surface area contributed by atoms with Crippen LogP contribution in [0.5, 0.6) is 5.75 Å². The minimum Gasteiger partial charge on any atom is -0.487 e. The second-order valence-electron chi connectivity index (χ2n) is 8.97. The van der Waals surface area contributed by atoms with Gasteiger partial charge in [-0.25, -0.2) is 4.79 Å². The molecule has 0 spiro atoms. The van der Waals surface area contributed by atoms with Crippen LogP contribution in [0.3, 0.4) is 0 Å². The van der Waals surface area contributed by atoms with Crippen molar-refractivity contribution < 1.29 is 19.4 Å². The second kappa shape index (κ2) is 7.49. The molecule has 1 N–H and O–H groups in total. The Morgan fingerprint density at radius 3 is 2.55 bits per heavy atom. The zero-order chi connectivity index (χ0) is 20.8. The fourth-order valence-corrected chi connectivity index (χ4v) is 4.93. The smallest absolute Gasteiger partial charge is 0.335 e. The lowest BCUT2D eigenvalue weighted by atomic mass is 9.70. The van der Waals surface area contributed by atoms with Gasteiger partial charge < -0.3 is 14.6 Å². The van der Waals surface area contributed by atoms with Crippen LogP contribution in [0.2, 0.25) is 0 Å². The third kappa shape index (κ3) is 3.66. The number of rotatable bonds is 4. The van der Waals surface area contributed by atoms with E-state index < -0.39 is 5.97 Å². The molecule has 29 heavy (non-hydrogen) atoms. The molecule has 2 aromatic rings. The second-order valence-corrected chi connectivity index (χ2v) is 8.97. The molecule has 0 amide bonds. The van der Waals surface area contributed by atoms with E-state index in [0.717, 1.165) is 30.6 Å². The Morgan fingerprint density at radius 2 is 1.90 bits per heavy atom. The molecular weight excluding hydrogens is 364 g/mol. The normalized spacial score (nSPS) is 27.4. The highest BCUT2D eigenvalue weighted by atomic mass is 16.5. The molecule has 0 saturated carbocycles. The standard InChI is InChI=1S/C25H30O4/c1-5-6-16-7-9-17(10-8-16)19-14-21-23(28-15(19)2)20-13-18(24(26)27)11-12-22(20)29-25(21,3)4/h7-13,15,19,21,23H,5-6,14H2,1-4H3,(H,26,27)/t15-,19-,21-,23+/m0/s1. The monoisotopic (exact) mass is 394 g/mol. The van der Waals surface area contributed by atoms with Gasteiger partial charge in [0.1, 0.15) is 11.4 Å². The first kappa shape index (κ1) is 20.0. The number of carboxylic acid groups (broad SMARTS) is 1. The summed E-state index contributed by atoms with van der Waals surface area (Å²) in [7, 11) is 0. The van der Waals surface area contributed by atoms with Crippen LogP contribution in [0, 0.1) is 5.92 Å². The van der Waals surface area contributed by atoms with Crippen molar-refractivity contribution in [3.8, 4) is 5.75 Å². The van der Waals surface area contributed by atoms with Crippen LogP contribution >= 0.6 is 0 Å². The molecule has 4 nitrogen and oxygen atoms in total. The fraction of sp³-hybridized carbons (Fsp3) is 0.480. The third-order valence-electron chi connectivity index (χ3n) is 6.58. The van der Waals surface area contributed by atoms with Crippen molar-refractivity contribution in [1.29, 1.82) is 0 Å². The molecule has 0 radical (unpaired) electrons. The molecule has 1 fully saturated rings. The van der Waals surface area contributed by atoms with Crippen molar-refractivity contribution >= 4 is 5.97 Å². The Kier molecular flexibility index (Phi) is 5.16. The number of aryl methyl sites for hydroxylation is 1. The van der Waals surface area contributed by atoms with Crippen molar-refractivity contribution in [2.45, 2.75) is 70.7 Å². The van der Waals surface area contributed by atoms with E-state index in [2.05, 4.69) is 52.0 Å². The van der Waals surface area contributed by atoms with Gasteiger partial charge in [0, 0.05) is 17.4 Å². The fourth-order valence-electron chi connectivity index (χ4n) is 4.93. The molecule has 1 saturated heterocycles. The van der Waals surface area contributed by atoms with Crippen molar-refractivity contribution in [2.24, 2.45) is 5.92 Å². The highest BCUT2D eigenvalue weighted by molar-refractivity contribution is 5.88. The summed E-state index contributed by atoms with van der Waals surface area (Å²) < 4.78 is 12.9. The van der Waals surface area contributed by atoms with E-state index in [1.54, 1.807) is 18.2 Å². The average Bonchev–Trinajstić information content (AvgIpc) is 2.68. The highest BCUT2D eigenvalue weighted by Crippen LogP contribution is 2.53. The largest absolute Gasteiger partial charge is 0.487 e. The van der Waals surface area contributed by atoms with Gasteiger partial charge in [-0.1, -0.05) is 37.6 Å². The molecule has 4 heteroatoms. The zero-order valence-corrected chi connectivity index (χ0v) is 17.6. The van der Waals surface area contributed by atoms with E-state index in [4.69, 9.17) is 9.47 Å². The summed E-state index contributed by atoms with van der Waals surface area (Å²) in [5.74, 6) is 0.244. The third-order valence-corrected chi connectivity index (χ3v) is 6.58. The molecule has 2 aliphatic heterocycles. The maximum atomic E-state index is 11.5. The van der Waals surface area contributed by atoms with Gasteiger partial charge in [0.2, 0.25) is 0 Å². The van der Waals surface area contributed by atoms with Gasteiger partial charge in [0.05, 0.1) is 17.8 Å².